The number of hydrogen-bond donors (Lipinski definition) is 3. The second-order valence-electron chi connectivity index (χ2n) is 8.14. The summed E-state index contributed by atoms with van der Waals surface area (Å²) in [7, 11) is 1.63. The quantitative estimate of drug-likeness (QED) is 0.369. The zero-order chi connectivity index (χ0) is 22.6. The summed E-state index contributed by atoms with van der Waals surface area (Å²) in [6.45, 7) is 0.611. The topological polar surface area (TPSA) is 105 Å². The lowest BCUT2D eigenvalue weighted by atomic mass is 9.93. The van der Waals surface area contributed by atoms with Crippen LogP contribution in [0.1, 0.15) is 31.2 Å². The molecule has 9 heteroatoms. The summed E-state index contributed by atoms with van der Waals surface area (Å²) in [5, 5.41) is 17.9. The summed E-state index contributed by atoms with van der Waals surface area (Å²) in [4.78, 5) is 17.9. The fraction of sp³-hybridized carbons (Fsp3) is 0.333. The van der Waals surface area contributed by atoms with E-state index >= 15 is 0 Å². The lowest BCUT2D eigenvalue weighted by Gasteiger charge is -2.27. The largest absolute Gasteiger partial charge is 0.496 e. The van der Waals surface area contributed by atoms with E-state index in [1.807, 2.05) is 6.07 Å². The Labute approximate surface area is 196 Å². The number of anilines is 2. The monoisotopic (exact) mass is 462 g/mol. The van der Waals surface area contributed by atoms with E-state index in [2.05, 4.69) is 37.7 Å². The highest BCUT2D eigenvalue weighted by molar-refractivity contribution is 7.22. The molecule has 0 aliphatic heterocycles. The van der Waals surface area contributed by atoms with Gasteiger partial charge in [-0.15, -0.1) is 0 Å². The molecule has 0 spiro atoms. The summed E-state index contributed by atoms with van der Waals surface area (Å²) in [6, 6.07) is 8.14. The van der Waals surface area contributed by atoms with Gasteiger partial charge in [-0.25, -0.2) is 9.97 Å². The Morgan fingerprint density at radius 1 is 1.09 bits per heavy atom. The first-order valence-corrected chi connectivity index (χ1v) is 11.9. The molecule has 0 radical (unpaired) electrons. The highest BCUT2D eigenvalue weighted by atomic mass is 32.1. The molecule has 1 aliphatic rings. The van der Waals surface area contributed by atoms with Gasteiger partial charge in [-0.05, 0) is 36.6 Å². The number of aromatic nitrogens is 4. The standard InChI is InChI=1S/C24H26N6O2S/c1-32-21-8-9-25-12-16(21)19-13-26-14-23(28-19)27-11-15-6-7-18-22(10-15)33-24(30-18)29-17-4-2-3-5-20(17)31/h6-10,12-14,17,20,31H,2-5,11H2,1H3,(H,27,28)(H,29,30)/t17?,20-/m1/s1. The van der Waals surface area contributed by atoms with Crippen LogP contribution in [0.2, 0.25) is 0 Å². The molecule has 1 unspecified atom stereocenters. The van der Waals surface area contributed by atoms with Crippen molar-refractivity contribution >= 4 is 32.5 Å². The molecular weight excluding hydrogens is 436 g/mol. The molecule has 3 N–H and O–H groups in total. The number of aliphatic hydroxyl groups is 1. The van der Waals surface area contributed by atoms with Gasteiger partial charge in [-0.1, -0.05) is 30.2 Å². The van der Waals surface area contributed by atoms with Crippen LogP contribution in [0.5, 0.6) is 5.75 Å². The highest BCUT2D eigenvalue weighted by Crippen LogP contribution is 2.30. The molecular formula is C24H26N6O2S. The van der Waals surface area contributed by atoms with Crippen LogP contribution in [0.25, 0.3) is 21.5 Å². The summed E-state index contributed by atoms with van der Waals surface area (Å²) in [5.74, 6) is 1.38. The fourth-order valence-electron chi connectivity index (χ4n) is 4.10. The molecule has 1 aromatic carbocycles. The summed E-state index contributed by atoms with van der Waals surface area (Å²) < 4.78 is 6.53. The number of nitrogens with zero attached hydrogens (tertiary/aromatic N) is 4. The molecule has 1 fully saturated rings. The van der Waals surface area contributed by atoms with E-state index in [-0.39, 0.29) is 12.1 Å². The molecule has 0 amide bonds. The van der Waals surface area contributed by atoms with Crippen LogP contribution >= 0.6 is 11.3 Å². The van der Waals surface area contributed by atoms with Crippen molar-refractivity contribution in [1.82, 2.24) is 19.9 Å². The van der Waals surface area contributed by atoms with Gasteiger partial charge >= 0.3 is 0 Å². The number of methoxy groups -OCH3 is 1. The minimum atomic E-state index is -0.297. The molecule has 0 bridgehead atoms. The van der Waals surface area contributed by atoms with Crippen LogP contribution in [0.4, 0.5) is 10.9 Å². The van der Waals surface area contributed by atoms with Gasteiger partial charge in [0, 0.05) is 18.9 Å². The second kappa shape index (κ2) is 9.68. The van der Waals surface area contributed by atoms with Crippen LogP contribution in [-0.2, 0) is 6.54 Å². The maximum absolute atomic E-state index is 10.2. The van der Waals surface area contributed by atoms with Gasteiger partial charge in [0.2, 0.25) is 0 Å². The molecule has 1 aliphatic carbocycles. The highest BCUT2D eigenvalue weighted by Gasteiger charge is 2.23. The van der Waals surface area contributed by atoms with Gasteiger partial charge in [0.15, 0.2) is 5.13 Å². The lowest BCUT2D eigenvalue weighted by molar-refractivity contribution is 0.116. The summed E-state index contributed by atoms with van der Waals surface area (Å²) in [5.41, 5.74) is 3.58. The first-order valence-electron chi connectivity index (χ1n) is 11.1. The third kappa shape index (κ3) is 4.89. The average Bonchev–Trinajstić information content (AvgIpc) is 3.26. The number of ether oxygens (including phenoxy) is 1. The van der Waals surface area contributed by atoms with Gasteiger partial charge in [0.05, 0.1) is 53.1 Å². The fourth-order valence-corrected chi connectivity index (χ4v) is 5.10. The van der Waals surface area contributed by atoms with Gasteiger partial charge in [0.1, 0.15) is 11.6 Å². The Balaban J connectivity index is 1.28. The van der Waals surface area contributed by atoms with Crippen molar-refractivity contribution in [1.29, 1.82) is 0 Å². The van der Waals surface area contributed by atoms with Crippen LogP contribution < -0.4 is 15.4 Å². The van der Waals surface area contributed by atoms with E-state index in [9.17, 15) is 5.11 Å². The zero-order valence-electron chi connectivity index (χ0n) is 18.4. The zero-order valence-corrected chi connectivity index (χ0v) is 19.2. The van der Waals surface area contributed by atoms with Crippen LogP contribution in [0.15, 0.2) is 49.1 Å². The second-order valence-corrected chi connectivity index (χ2v) is 9.17. The van der Waals surface area contributed by atoms with Gasteiger partial charge in [-0.3, -0.25) is 9.97 Å². The number of thiazole rings is 1. The summed E-state index contributed by atoms with van der Waals surface area (Å²) >= 11 is 1.62. The molecule has 8 nitrogen and oxygen atoms in total. The SMILES string of the molecule is COc1ccncc1-c1cncc(NCc2ccc3nc(NC4CCCC[C@H]4O)sc3c2)n1. The number of aliphatic hydroxyl groups excluding tert-OH is 1. The minimum absolute atomic E-state index is 0.0877. The maximum Gasteiger partial charge on any atom is 0.184 e. The van der Waals surface area contributed by atoms with E-state index in [4.69, 9.17) is 9.72 Å². The number of rotatable bonds is 7. The van der Waals surface area contributed by atoms with E-state index in [0.717, 1.165) is 52.2 Å². The summed E-state index contributed by atoms with van der Waals surface area (Å²) in [6.07, 6.45) is 10.6. The molecule has 3 aromatic heterocycles. The van der Waals surface area contributed by atoms with Gasteiger partial charge in [0.25, 0.3) is 0 Å². The van der Waals surface area contributed by atoms with Crippen molar-refractivity contribution in [2.24, 2.45) is 0 Å². The van der Waals surface area contributed by atoms with Gasteiger partial charge < -0.3 is 20.5 Å². The molecule has 2 atom stereocenters. The van der Waals surface area contributed by atoms with Crippen molar-refractivity contribution < 1.29 is 9.84 Å². The van der Waals surface area contributed by atoms with E-state index in [1.165, 1.54) is 0 Å². The Bertz CT molecular complexity index is 1250. The lowest BCUT2D eigenvalue weighted by Crippen LogP contribution is -2.36. The number of fused-ring (bicyclic) bond motifs is 1. The number of nitrogens with one attached hydrogen (secondary N) is 2. The normalized spacial score (nSPS) is 18.2. The first-order chi connectivity index (χ1) is 16.2. The molecule has 5 rings (SSSR count). The van der Waals surface area contributed by atoms with E-state index in [1.54, 1.807) is 49.3 Å². The van der Waals surface area contributed by atoms with Crippen molar-refractivity contribution in [2.75, 3.05) is 17.7 Å². The first kappa shape index (κ1) is 21.5. The third-order valence-electron chi connectivity index (χ3n) is 5.88. The molecule has 1 saturated carbocycles. The van der Waals surface area contributed by atoms with Crippen molar-refractivity contribution in [3.8, 4) is 17.0 Å². The number of pyridine rings is 1. The smallest absolute Gasteiger partial charge is 0.184 e. The Morgan fingerprint density at radius 3 is 2.88 bits per heavy atom. The molecule has 33 heavy (non-hydrogen) atoms. The molecule has 4 aromatic rings. The van der Waals surface area contributed by atoms with E-state index in [0.29, 0.717) is 23.8 Å². The number of benzene rings is 1. The Kier molecular flexibility index (Phi) is 6.32. The van der Waals surface area contributed by atoms with Crippen LogP contribution in [0, 0.1) is 0 Å². The Morgan fingerprint density at radius 2 is 2.00 bits per heavy atom. The predicted molar refractivity (Wildman–Crippen MR) is 131 cm³/mol. The minimum Gasteiger partial charge on any atom is -0.496 e. The van der Waals surface area contributed by atoms with Crippen molar-refractivity contribution in [3.05, 3.63) is 54.6 Å². The third-order valence-corrected chi connectivity index (χ3v) is 6.83. The average molecular weight is 463 g/mol. The molecule has 170 valence electrons. The molecule has 0 saturated heterocycles. The van der Waals surface area contributed by atoms with E-state index < -0.39 is 0 Å². The predicted octanol–water partition coefficient (Wildman–Crippen LogP) is 4.48. The van der Waals surface area contributed by atoms with Gasteiger partial charge in [-0.2, -0.15) is 0 Å². The maximum atomic E-state index is 10.2. The molecule has 3 heterocycles. The van der Waals surface area contributed by atoms with Crippen LogP contribution in [0.3, 0.4) is 0 Å². The van der Waals surface area contributed by atoms with Crippen molar-refractivity contribution in [2.45, 2.75) is 44.4 Å². The number of hydrogen-bond acceptors (Lipinski definition) is 9. The van der Waals surface area contributed by atoms with Crippen LogP contribution in [-0.4, -0.2) is 44.3 Å². The van der Waals surface area contributed by atoms with Crippen molar-refractivity contribution in [3.63, 3.8) is 0 Å². The Hall–Kier alpha value is -3.30.